The number of aromatic nitrogens is 2. The van der Waals surface area contributed by atoms with E-state index in [1.54, 1.807) is 48.0 Å². The normalized spacial score (nSPS) is 14.1. The summed E-state index contributed by atoms with van der Waals surface area (Å²) in [6, 6.07) is 23.9. The summed E-state index contributed by atoms with van der Waals surface area (Å²) in [6.45, 7) is 0. The Morgan fingerprint density at radius 3 is 2.43 bits per heavy atom. The Kier molecular flexibility index (Phi) is 6.61. The fourth-order valence-corrected chi connectivity index (χ4v) is 4.79. The Labute approximate surface area is 217 Å². The fourth-order valence-electron chi connectivity index (χ4n) is 3.91. The van der Waals surface area contributed by atoms with Crippen LogP contribution in [0.25, 0.3) is 23.0 Å². The molecule has 1 aromatic heterocycles. The number of amidine groups is 1. The summed E-state index contributed by atoms with van der Waals surface area (Å²) >= 11 is 1.19. The Balaban J connectivity index is 1.51. The number of methoxy groups -OCH3 is 1. The summed E-state index contributed by atoms with van der Waals surface area (Å²) in [5.74, 6) is -0.714. The number of carbonyl (C=O) groups excluding carboxylic acids is 1. The van der Waals surface area contributed by atoms with Crippen LogP contribution in [0.15, 0.2) is 95.0 Å². The van der Waals surface area contributed by atoms with Gasteiger partial charge in [-0.1, -0.05) is 30.3 Å². The molecule has 9 heteroatoms. The lowest BCUT2D eigenvalue weighted by Gasteiger charge is -2.19. The van der Waals surface area contributed by atoms with Crippen molar-refractivity contribution in [2.75, 3.05) is 19.1 Å². The molecule has 2 heterocycles. The number of benzene rings is 3. The van der Waals surface area contributed by atoms with Gasteiger partial charge in [0.1, 0.15) is 5.75 Å². The number of carbonyl (C=O) groups is 2. The number of carboxylic acid groups (broad SMARTS) is 1. The van der Waals surface area contributed by atoms with Gasteiger partial charge in [-0.3, -0.25) is 4.79 Å². The highest BCUT2D eigenvalue weighted by Crippen LogP contribution is 2.35. The van der Waals surface area contributed by atoms with Gasteiger partial charge in [0.05, 0.1) is 34.6 Å². The highest BCUT2D eigenvalue weighted by Gasteiger charge is 2.27. The summed E-state index contributed by atoms with van der Waals surface area (Å²) < 4.78 is 7.05. The van der Waals surface area contributed by atoms with Gasteiger partial charge in [-0.25, -0.2) is 9.48 Å². The molecule has 3 aromatic carbocycles. The number of para-hydroxylation sites is 2. The molecule has 1 aliphatic rings. The van der Waals surface area contributed by atoms with E-state index in [0.717, 1.165) is 22.6 Å². The van der Waals surface area contributed by atoms with Crippen LogP contribution in [0.4, 0.5) is 5.69 Å². The third-order valence-electron chi connectivity index (χ3n) is 5.81. The van der Waals surface area contributed by atoms with Crippen LogP contribution in [0.1, 0.15) is 15.9 Å². The molecule has 4 aromatic rings. The zero-order valence-electron chi connectivity index (χ0n) is 20.0. The molecule has 1 N–H and O–H groups in total. The highest BCUT2D eigenvalue weighted by molar-refractivity contribution is 8.18. The summed E-state index contributed by atoms with van der Waals surface area (Å²) in [4.78, 5) is 30.8. The minimum absolute atomic E-state index is 0.129. The van der Waals surface area contributed by atoms with Crippen molar-refractivity contribution in [2.45, 2.75) is 0 Å². The molecular formula is C28H22N4O4S. The van der Waals surface area contributed by atoms with Gasteiger partial charge in [0.15, 0.2) is 5.17 Å². The molecule has 0 radical (unpaired) electrons. The number of carboxylic acids is 1. The first kappa shape index (κ1) is 24.1. The highest BCUT2D eigenvalue weighted by atomic mass is 32.2. The van der Waals surface area contributed by atoms with Gasteiger partial charge in [0.25, 0.3) is 5.91 Å². The molecule has 0 saturated heterocycles. The van der Waals surface area contributed by atoms with Gasteiger partial charge in [0, 0.05) is 24.4 Å². The number of aliphatic imine (C=N–C) groups is 1. The van der Waals surface area contributed by atoms with E-state index in [-0.39, 0.29) is 5.56 Å². The SMILES string of the molecule is COc1ccc(-c2nn(-c3ccccc3)cc2/C=C2\SC(N(C)c3ccccc3C(=O)O)=NC2=O)cc1. The standard InChI is InChI=1S/C28H22N4O4S/c1-31(23-11-7-6-10-22(23)27(34)35)28-29-26(33)24(37-28)16-19-17-32(20-8-4-3-5-9-20)30-25(19)18-12-14-21(36-2)15-13-18/h3-17H,1-2H3,(H,34,35)/b24-16-. The summed E-state index contributed by atoms with van der Waals surface area (Å²) in [6.07, 6.45) is 3.64. The summed E-state index contributed by atoms with van der Waals surface area (Å²) in [5, 5.41) is 14.8. The van der Waals surface area contributed by atoms with Crippen LogP contribution in [0.3, 0.4) is 0 Å². The molecule has 0 spiro atoms. The van der Waals surface area contributed by atoms with Crippen molar-refractivity contribution in [1.82, 2.24) is 9.78 Å². The quantitative estimate of drug-likeness (QED) is 0.349. The molecule has 0 aliphatic carbocycles. The van der Waals surface area contributed by atoms with Crippen molar-refractivity contribution in [3.8, 4) is 22.7 Å². The van der Waals surface area contributed by atoms with Crippen molar-refractivity contribution in [3.05, 3.63) is 101 Å². The third kappa shape index (κ3) is 4.89. The predicted molar refractivity (Wildman–Crippen MR) is 145 cm³/mol. The van der Waals surface area contributed by atoms with Gasteiger partial charge >= 0.3 is 5.97 Å². The van der Waals surface area contributed by atoms with Crippen molar-refractivity contribution < 1.29 is 19.4 Å². The van der Waals surface area contributed by atoms with E-state index in [4.69, 9.17) is 9.84 Å². The minimum atomic E-state index is -1.05. The third-order valence-corrected chi connectivity index (χ3v) is 6.87. The van der Waals surface area contributed by atoms with E-state index in [0.29, 0.717) is 21.5 Å². The summed E-state index contributed by atoms with van der Waals surface area (Å²) in [5.41, 5.74) is 3.77. The zero-order chi connectivity index (χ0) is 25.9. The van der Waals surface area contributed by atoms with Gasteiger partial charge < -0.3 is 14.7 Å². The van der Waals surface area contributed by atoms with E-state index in [9.17, 15) is 14.7 Å². The first-order valence-electron chi connectivity index (χ1n) is 11.3. The smallest absolute Gasteiger partial charge is 0.337 e. The molecule has 5 rings (SSSR count). The largest absolute Gasteiger partial charge is 0.497 e. The average Bonchev–Trinajstić information content (AvgIpc) is 3.52. The fraction of sp³-hybridized carbons (Fsp3) is 0.0714. The van der Waals surface area contributed by atoms with Crippen LogP contribution in [-0.2, 0) is 4.79 Å². The second-order valence-corrected chi connectivity index (χ2v) is 9.14. The lowest BCUT2D eigenvalue weighted by Crippen LogP contribution is -2.24. The van der Waals surface area contributed by atoms with Crippen LogP contribution >= 0.6 is 11.8 Å². The summed E-state index contributed by atoms with van der Waals surface area (Å²) in [7, 11) is 3.31. The van der Waals surface area contributed by atoms with Gasteiger partial charge in [-0.05, 0) is 66.4 Å². The Morgan fingerprint density at radius 2 is 1.73 bits per heavy atom. The predicted octanol–water partition coefficient (Wildman–Crippen LogP) is 5.35. The van der Waals surface area contributed by atoms with E-state index < -0.39 is 11.9 Å². The monoisotopic (exact) mass is 510 g/mol. The van der Waals surface area contributed by atoms with Crippen LogP contribution in [0.2, 0.25) is 0 Å². The second kappa shape index (κ2) is 10.2. The molecular weight excluding hydrogens is 488 g/mol. The van der Waals surface area contributed by atoms with Crippen molar-refractivity contribution in [1.29, 1.82) is 0 Å². The van der Waals surface area contributed by atoms with Gasteiger partial charge in [-0.2, -0.15) is 10.1 Å². The maximum atomic E-state index is 12.9. The van der Waals surface area contributed by atoms with Crippen LogP contribution < -0.4 is 9.64 Å². The van der Waals surface area contributed by atoms with E-state index in [2.05, 4.69) is 4.99 Å². The molecule has 1 aliphatic heterocycles. The number of anilines is 1. The zero-order valence-corrected chi connectivity index (χ0v) is 20.8. The molecule has 0 saturated carbocycles. The number of amides is 1. The van der Waals surface area contributed by atoms with E-state index >= 15 is 0 Å². The number of nitrogens with zero attached hydrogens (tertiary/aromatic N) is 4. The number of thioether (sulfide) groups is 1. The van der Waals surface area contributed by atoms with Crippen molar-refractivity contribution in [3.63, 3.8) is 0 Å². The topological polar surface area (TPSA) is 97.0 Å². The number of hydrogen-bond donors (Lipinski definition) is 1. The Bertz CT molecular complexity index is 1540. The molecule has 37 heavy (non-hydrogen) atoms. The first-order chi connectivity index (χ1) is 17.9. The lowest BCUT2D eigenvalue weighted by molar-refractivity contribution is -0.113. The molecule has 0 unspecified atom stereocenters. The number of ether oxygens (including phenoxy) is 1. The molecule has 0 fully saturated rings. The maximum absolute atomic E-state index is 12.9. The number of rotatable bonds is 6. The van der Waals surface area contributed by atoms with Crippen LogP contribution in [-0.4, -0.2) is 46.1 Å². The van der Waals surface area contributed by atoms with Crippen molar-refractivity contribution in [2.24, 2.45) is 4.99 Å². The molecule has 0 bridgehead atoms. The first-order valence-corrected chi connectivity index (χ1v) is 12.1. The number of aromatic carboxylic acids is 1. The molecule has 0 atom stereocenters. The number of hydrogen-bond acceptors (Lipinski definition) is 6. The van der Waals surface area contributed by atoms with Crippen molar-refractivity contribution >= 4 is 40.6 Å². The molecule has 184 valence electrons. The maximum Gasteiger partial charge on any atom is 0.337 e. The lowest BCUT2D eigenvalue weighted by atomic mass is 10.1. The molecule has 8 nitrogen and oxygen atoms in total. The van der Waals surface area contributed by atoms with E-state index in [1.807, 2.05) is 60.8 Å². The average molecular weight is 511 g/mol. The molecule has 1 amide bonds. The Morgan fingerprint density at radius 1 is 1.03 bits per heavy atom. The minimum Gasteiger partial charge on any atom is -0.497 e. The van der Waals surface area contributed by atoms with Gasteiger partial charge in [-0.15, -0.1) is 0 Å². The Hall–Kier alpha value is -4.63. The van der Waals surface area contributed by atoms with Crippen LogP contribution in [0, 0.1) is 0 Å². The second-order valence-electron chi connectivity index (χ2n) is 8.13. The van der Waals surface area contributed by atoms with Gasteiger partial charge in [0.2, 0.25) is 0 Å². The van der Waals surface area contributed by atoms with E-state index in [1.165, 1.54) is 17.8 Å². The van der Waals surface area contributed by atoms with Crippen LogP contribution in [0.5, 0.6) is 5.75 Å².